The van der Waals surface area contributed by atoms with E-state index in [9.17, 15) is 36.1 Å². The van der Waals surface area contributed by atoms with Gasteiger partial charge in [-0.3, -0.25) is 9.59 Å². The molecule has 0 aromatic heterocycles. The molecule has 8 nitrogen and oxygen atoms in total. The van der Waals surface area contributed by atoms with Crippen molar-refractivity contribution in [2.45, 2.75) is 37.4 Å². The second kappa shape index (κ2) is 6.22. The number of ether oxygens (including phenoxy) is 2. The first kappa shape index (κ1) is 19.2. The topological polar surface area (TPSA) is 127 Å². The molecule has 2 atom stereocenters. The van der Waals surface area contributed by atoms with Crippen molar-refractivity contribution in [3.8, 4) is 0 Å². The highest BCUT2D eigenvalue weighted by Gasteiger charge is 2.59. The van der Waals surface area contributed by atoms with Crippen LogP contribution in [0, 0.1) is 23.2 Å². The summed E-state index contributed by atoms with van der Waals surface area (Å²) in [6, 6.07) is 0. The molecule has 11 heteroatoms. The van der Waals surface area contributed by atoms with E-state index < -0.39 is 45.9 Å². The van der Waals surface area contributed by atoms with E-state index in [4.69, 9.17) is 4.74 Å². The predicted octanol–water partition coefficient (Wildman–Crippen LogP) is 0.606. The average molecular weight is 395 g/mol. The van der Waals surface area contributed by atoms with Gasteiger partial charge in [0, 0.05) is 11.8 Å². The van der Waals surface area contributed by atoms with Gasteiger partial charge in [-0.05, 0) is 38.0 Å². The maximum Gasteiger partial charge on any atom is 0.367 e. The molecule has 0 aliphatic heterocycles. The Morgan fingerprint density at radius 3 is 2.27 bits per heavy atom. The predicted molar refractivity (Wildman–Crippen MR) is 77.6 cm³/mol. The SMILES string of the molecule is O=C(COC(=O)C12CC3CC(C1)C(=O)C(C3)C2)OCC(F)(F)S(=O)(=O)[O-]. The zero-order valence-corrected chi connectivity index (χ0v) is 14.4. The number of carbonyl (C=O) groups is 3. The molecule has 4 aliphatic carbocycles. The molecule has 0 heterocycles. The lowest BCUT2D eigenvalue weighted by Crippen LogP contribution is -2.55. The van der Waals surface area contributed by atoms with Gasteiger partial charge in [0.1, 0.15) is 5.78 Å². The third kappa shape index (κ3) is 3.34. The van der Waals surface area contributed by atoms with Gasteiger partial charge in [0.05, 0.1) is 5.41 Å². The summed E-state index contributed by atoms with van der Waals surface area (Å²) in [4.78, 5) is 35.9. The fourth-order valence-corrected chi connectivity index (χ4v) is 4.76. The highest BCUT2D eigenvalue weighted by Crippen LogP contribution is 2.59. The van der Waals surface area contributed by atoms with E-state index in [0.717, 1.165) is 12.8 Å². The molecular weight excluding hydrogens is 378 g/mol. The number of hydrogen-bond donors (Lipinski definition) is 0. The van der Waals surface area contributed by atoms with Crippen molar-refractivity contribution in [1.29, 1.82) is 0 Å². The number of esters is 2. The van der Waals surface area contributed by atoms with Crippen LogP contribution in [0.4, 0.5) is 8.78 Å². The van der Waals surface area contributed by atoms with Crippen LogP contribution in [-0.2, 0) is 34.0 Å². The first-order valence-electron chi connectivity index (χ1n) is 8.13. The van der Waals surface area contributed by atoms with Crippen molar-refractivity contribution >= 4 is 27.8 Å². The van der Waals surface area contributed by atoms with Crippen LogP contribution >= 0.6 is 0 Å². The Morgan fingerprint density at radius 2 is 1.73 bits per heavy atom. The van der Waals surface area contributed by atoms with Crippen molar-refractivity contribution in [2.24, 2.45) is 23.2 Å². The molecule has 4 saturated carbocycles. The first-order chi connectivity index (χ1) is 11.9. The quantitative estimate of drug-likeness (QED) is 0.473. The molecule has 4 fully saturated rings. The molecule has 0 radical (unpaired) electrons. The smallest absolute Gasteiger partial charge is 0.367 e. The minimum Gasteiger partial charge on any atom is -0.743 e. The van der Waals surface area contributed by atoms with E-state index in [-0.39, 0.29) is 23.5 Å². The van der Waals surface area contributed by atoms with Crippen molar-refractivity contribution in [1.82, 2.24) is 0 Å². The Balaban J connectivity index is 1.53. The summed E-state index contributed by atoms with van der Waals surface area (Å²) in [5.74, 6) is -1.99. The van der Waals surface area contributed by atoms with Crippen LogP contribution in [-0.4, -0.2) is 49.2 Å². The maximum atomic E-state index is 12.9. The average Bonchev–Trinajstić information content (AvgIpc) is 2.53. The minimum absolute atomic E-state index is 0.171. The van der Waals surface area contributed by atoms with Gasteiger partial charge in [0.25, 0.3) is 0 Å². The molecule has 146 valence electrons. The molecular formula is C15H17F2O8S-. The standard InChI is InChI=1S/C15H18F2O8S/c16-15(17,26(21,22)23)7-25-11(18)6-24-13(20)14-3-8-1-9(4-14)12(19)10(2-8)5-14/h8-10H,1-7H2,(H,21,22,23)/p-1. The molecule has 0 spiro atoms. The fraction of sp³-hybridized carbons (Fsp3) is 0.800. The number of hydrogen-bond acceptors (Lipinski definition) is 8. The first-order valence-corrected chi connectivity index (χ1v) is 9.54. The summed E-state index contributed by atoms with van der Waals surface area (Å²) in [5.41, 5.74) is -0.840. The molecule has 0 saturated heterocycles. The van der Waals surface area contributed by atoms with Gasteiger partial charge < -0.3 is 14.0 Å². The zero-order valence-electron chi connectivity index (χ0n) is 13.6. The summed E-state index contributed by atoms with van der Waals surface area (Å²) in [6.07, 6.45) is 2.79. The Morgan fingerprint density at radius 1 is 1.15 bits per heavy atom. The largest absolute Gasteiger partial charge is 0.743 e. The summed E-state index contributed by atoms with van der Waals surface area (Å²) in [7, 11) is -5.97. The highest BCUT2D eigenvalue weighted by molar-refractivity contribution is 7.86. The number of alkyl halides is 2. The third-order valence-electron chi connectivity index (χ3n) is 5.52. The molecule has 0 N–H and O–H groups in total. The van der Waals surface area contributed by atoms with E-state index in [2.05, 4.69) is 4.74 Å². The highest BCUT2D eigenvalue weighted by atomic mass is 32.2. The second-order valence-corrected chi connectivity index (χ2v) is 8.86. The monoisotopic (exact) mass is 395 g/mol. The van der Waals surface area contributed by atoms with Gasteiger partial charge in [0.15, 0.2) is 23.3 Å². The molecule has 0 aromatic rings. The van der Waals surface area contributed by atoms with Crippen molar-refractivity contribution in [3.63, 3.8) is 0 Å². The van der Waals surface area contributed by atoms with Gasteiger partial charge in [-0.25, -0.2) is 13.2 Å². The van der Waals surface area contributed by atoms with Crippen LogP contribution in [0.2, 0.25) is 0 Å². The molecule has 2 unspecified atom stereocenters. The Kier molecular flexibility index (Phi) is 4.58. The number of Topliss-reactive ketones (excluding diaryl/α,β-unsaturated/α-hetero) is 1. The summed E-state index contributed by atoms with van der Waals surface area (Å²) >= 11 is 0. The van der Waals surface area contributed by atoms with Crippen LogP contribution in [0.15, 0.2) is 0 Å². The van der Waals surface area contributed by atoms with E-state index in [1.54, 1.807) is 0 Å². The van der Waals surface area contributed by atoms with Crippen LogP contribution in [0.5, 0.6) is 0 Å². The van der Waals surface area contributed by atoms with E-state index in [0.29, 0.717) is 19.3 Å². The number of ketones is 1. The van der Waals surface area contributed by atoms with E-state index in [1.165, 1.54) is 0 Å². The van der Waals surface area contributed by atoms with E-state index >= 15 is 0 Å². The summed E-state index contributed by atoms with van der Waals surface area (Å²) < 4.78 is 65.6. The molecule has 4 bridgehead atoms. The Bertz CT molecular complexity index is 729. The lowest BCUT2D eigenvalue weighted by molar-refractivity contribution is -0.180. The number of rotatable bonds is 6. The van der Waals surface area contributed by atoms with Gasteiger partial charge in [-0.15, -0.1) is 0 Å². The summed E-state index contributed by atoms with van der Waals surface area (Å²) in [6.45, 7) is -2.91. The molecule has 4 aliphatic rings. The minimum atomic E-state index is -5.97. The van der Waals surface area contributed by atoms with Crippen molar-refractivity contribution in [2.75, 3.05) is 13.2 Å². The lowest BCUT2D eigenvalue weighted by Gasteiger charge is -2.53. The van der Waals surface area contributed by atoms with Gasteiger partial charge in [-0.2, -0.15) is 8.78 Å². The van der Waals surface area contributed by atoms with Gasteiger partial charge >= 0.3 is 17.2 Å². The van der Waals surface area contributed by atoms with Crippen molar-refractivity contribution < 1.29 is 45.6 Å². The molecule has 0 amide bonds. The normalized spacial score (nSPS) is 33.2. The second-order valence-electron chi connectivity index (χ2n) is 7.35. The zero-order chi connectivity index (χ0) is 19.3. The maximum absolute atomic E-state index is 12.9. The molecule has 0 aromatic carbocycles. The van der Waals surface area contributed by atoms with E-state index in [1.807, 2.05) is 0 Å². The van der Waals surface area contributed by atoms with Crippen LogP contribution in [0.25, 0.3) is 0 Å². The van der Waals surface area contributed by atoms with Crippen LogP contribution in [0.3, 0.4) is 0 Å². The van der Waals surface area contributed by atoms with Crippen LogP contribution < -0.4 is 0 Å². The fourth-order valence-electron chi connectivity index (χ4n) is 4.55. The molecule has 26 heavy (non-hydrogen) atoms. The van der Waals surface area contributed by atoms with Crippen molar-refractivity contribution in [3.05, 3.63) is 0 Å². The Labute approximate surface area is 148 Å². The lowest BCUT2D eigenvalue weighted by atomic mass is 9.49. The van der Waals surface area contributed by atoms with Gasteiger partial charge in [0.2, 0.25) is 0 Å². The van der Waals surface area contributed by atoms with Gasteiger partial charge in [-0.1, -0.05) is 0 Å². The number of halogens is 2. The number of carbonyl (C=O) groups excluding carboxylic acids is 3. The summed E-state index contributed by atoms with van der Waals surface area (Å²) in [5, 5.41) is -4.76. The van der Waals surface area contributed by atoms with Crippen LogP contribution in [0.1, 0.15) is 32.1 Å². The third-order valence-corrected chi connectivity index (χ3v) is 6.36. The molecule has 4 rings (SSSR count). The Hall–Kier alpha value is -1.62.